The Morgan fingerprint density at radius 2 is 1.97 bits per heavy atom. The first kappa shape index (κ1) is 19.7. The summed E-state index contributed by atoms with van der Waals surface area (Å²) in [5.41, 5.74) is 10.3. The van der Waals surface area contributed by atoms with Crippen molar-refractivity contribution in [3.63, 3.8) is 0 Å². The third-order valence-electron chi connectivity index (χ3n) is 5.33. The summed E-state index contributed by atoms with van der Waals surface area (Å²) >= 11 is 2.90. The topological polar surface area (TPSA) is 85.1 Å². The first-order chi connectivity index (χ1) is 15.1. The number of nitrogen functional groups attached to an aromatic ring is 1. The van der Waals surface area contributed by atoms with Crippen LogP contribution in [0.15, 0.2) is 53.9 Å². The van der Waals surface area contributed by atoms with Crippen LogP contribution in [0.2, 0.25) is 0 Å². The van der Waals surface area contributed by atoms with Crippen LogP contribution in [-0.2, 0) is 12.8 Å². The minimum Gasteiger partial charge on any atom is -0.397 e. The van der Waals surface area contributed by atoms with Gasteiger partial charge in [0.25, 0.3) is 5.91 Å². The molecule has 0 atom stereocenters. The second-order valence-electron chi connectivity index (χ2n) is 7.39. The third kappa shape index (κ3) is 3.89. The number of rotatable bonds is 5. The van der Waals surface area contributed by atoms with Crippen molar-refractivity contribution in [1.82, 2.24) is 4.98 Å². The molecule has 31 heavy (non-hydrogen) atoms. The molecule has 5 nitrogen and oxygen atoms in total. The molecule has 5 rings (SSSR count). The number of nitrogens with two attached hydrogens (primary N) is 1. The molecule has 0 spiro atoms. The maximum absolute atomic E-state index is 12.8. The summed E-state index contributed by atoms with van der Waals surface area (Å²) in [7, 11) is 0. The first-order valence-electron chi connectivity index (χ1n) is 9.96. The number of aromatic nitrogens is 1. The fraction of sp³-hybridized carbons (Fsp3) is 0.125. The van der Waals surface area contributed by atoms with Gasteiger partial charge < -0.3 is 11.1 Å². The van der Waals surface area contributed by atoms with E-state index in [1.807, 2.05) is 17.5 Å². The Hall–Kier alpha value is -3.29. The molecular formula is C24H19N3O2S2. The molecule has 0 radical (unpaired) electrons. The van der Waals surface area contributed by atoms with Gasteiger partial charge in [0.1, 0.15) is 9.71 Å². The van der Waals surface area contributed by atoms with Gasteiger partial charge in [-0.1, -0.05) is 6.07 Å². The van der Waals surface area contributed by atoms with E-state index in [1.54, 1.807) is 47.8 Å². The van der Waals surface area contributed by atoms with Crippen molar-refractivity contribution in [2.45, 2.75) is 19.3 Å². The van der Waals surface area contributed by atoms with Crippen molar-refractivity contribution >= 4 is 62.0 Å². The molecule has 3 aromatic heterocycles. The number of fused-ring (bicyclic) bond motifs is 2. The van der Waals surface area contributed by atoms with Crippen LogP contribution in [0.5, 0.6) is 0 Å². The Morgan fingerprint density at radius 1 is 1.13 bits per heavy atom. The van der Waals surface area contributed by atoms with Crippen molar-refractivity contribution in [3.8, 4) is 0 Å². The Bertz CT molecular complexity index is 1320. The SMILES string of the molecule is Nc1c(C(=O)Nc2ccc(C(=O)C=Cc3cccs3)cc2)sc2nc3c(cc12)CCC3. The number of nitrogens with zero attached hydrogens (tertiary/aromatic N) is 1. The fourth-order valence-electron chi connectivity index (χ4n) is 3.71. The number of allylic oxidation sites excluding steroid dienone is 1. The largest absolute Gasteiger partial charge is 0.397 e. The lowest BCUT2D eigenvalue weighted by Gasteiger charge is -2.05. The third-order valence-corrected chi connectivity index (χ3v) is 7.28. The highest BCUT2D eigenvalue weighted by atomic mass is 32.1. The normalized spacial score (nSPS) is 13.0. The monoisotopic (exact) mass is 445 g/mol. The summed E-state index contributed by atoms with van der Waals surface area (Å²) in [5, 5.41) is 5.70. The molecule has 4 aromatic rings. The van der Waals surface area contributed by atoms with Gasteiger partial charge in [-0.05, 0) is 78.8 Å². The molecule has 1 aliphatic carbocycles. The lowest BCUT2D eigenvalue weighted by molar-refractivity contribution is 0.102. The maximum Gasteiger partial charge on any atom is 0.267 e. The van der Waals surface area contributed by atoms with Crippen molar-refractivity contribution in [3.05, 3.63) is 80.5 Å². The van der Waals surface area contributed by atoms with Gasteiger partial charge in [-0.15, -0.1) is 22.7 Å². The van der Waals surface area contributed by atoms with E-state index in [0.717, 1.165) is 40.1 Å². The van der Waals surface area contributed by atoms with Gasteiger partial charge in [0, 0.05) is 27.2 Å². The second-order valence-corrected chi connectivity index (χ2v) is 9.37. The molecule has 0 saturated heterocycles. The van der Waals surface area contributed by atoms with Crippen LogP contribution < -0.4 is 11.1 Å². The number of hydrogen-bond donors (Lipinski definition) is 2. The zero-order valence-corrected chi connectivity index (χ0v) is 18.2. The van der Waals surface area contributed by atoms with E-state index in [4.69, 9.17) is 10.7 Å². The molecule has 3 heterocycles. The summed E-state index contributed by atoms with van der Waals surface area (Å²) in [5.74, 6) is -0.350. The maximum atomic E-state index is 12.8. The Balaban J connectivity index is 1.31. The van der Waals surface area contributed by atoms with E-state index in [9.17, 15) is 9.59 Å². The van der Waals surface area contributed by atoms with Crippen molar-refractivity contribution in [2.75, 3.05) is 11.1 Å². The minimum atomic E-state index is -0.266. The van der Waals surface area contributed by atoms with Crippen LogP contribution in [0.4, 0.5) is 11.4 Å². The summed E-state index contributed by atoms with van der Waals surface area (Å²) in [6, 6.07) is 12.8. The highest BCUT2D eigenvalue weighted by Crippen LogP contribution is 2.36. The number of carbonyl (C=O) groups is 2. The number of aryl methyl sites for hydroxylation is 2. The van der Waals surface area contributed by atoms with E-state index in [0.29, 0.717) is 21.8 Å². The van der Waals surface area contributed by atoms with Gasteiger partial charge in [0.15, 0.2) is 5.78 Å². The number of hydrogen-bond acceptors (Lipinski definition) is 6. The number of benzene rings is 1. The number of amides is 1. The molecule has 1 aromatic carbocycles. The molecule has 1 aliphatic rings. The van der Waals surface area contributed by atoms with E-state index in [1.165, 1.54) is 16.9 Å². The lowest BCUT2D eigenvalue weighted by Crippen LogP contribution is -2.12. The Morgan fingerprint density at radius 3 is 2.74 bits per heavy atom. The number of ketones is 1. The first-order valence-corrected chi connectivity index (χ1v) is 11.7. The predicted octanol–water partition coefficient (Wildman–Crippen LogP) is 5.58. The quantitative estimate of drug-likeness (QED) is 0.310. The summed E-state index contributed by atoms with van der Waals surface area (Å²) in [6.45, 7) is 0. The zero-order chi connectivity index (χ0) is 21.4. The van der Waals surface area contributed by atoms with Crippen LogP contribution in [0, 0.1) is 0 Å². The van der Waals surface area contributed by atoms with Gasteiger partial charge in [-0.2, -0.15) is 0 Å². The average Bonchev–Trinajstić information content (AvgIpc) is 3.52. The van der Waals surface area contributed by atoms with Crippen molar-refractivity contribution < 1.29 is 9.59 Å². The van der Waals surface area contributed by atoms with E-state index >= 15 is 0 Å². The molecule has 0 fully saturated rings. The second kappa shape index (κ2) is 8.09. The number of thiophene rings is 2. The fourth-order valence-corrected chi connectivity index (χ4v) is 5.32. The van der Waals surface area contributed by atoms with Crippen molar-refractivity contribution in [2.24, 2.45) is 0 Å². The Kier molecular flexibility index (Phi) is 5.13. The van der Waals surface area contributed by atoms with E-state index in [-0.39, 0.29) is 11.7 Å². The smallest absolute Gasteiger partial charge is 0.267 e. The van der Waals surface area contributed by atoms with Crippen LogP contribution in [0.3, 0.4) is 0 Å². The summed E-state index contributed by atoms with van der Waals surface area (Å²) in [6.07, 6.45) is 6.48. The zero-order valence-electron chi connectivity index (χ0n) is 16.6. The molecule has 0 bridgehead atoms. The van der Waals surface area contributed by atoms with Gasteiger partial charge in [0.2, 0.25) is 0 Å². The molecule has 0 unspecified atom stereocenters. The van der Waals surface area contributed by atoms with E-state index < -0.39 is 0 Å². The van der Waals surface area contributed by atoms with Crippen LogP contribution in [0.1, 0.15) is 42.6 Å². The van der Waals surface area contributed by atoms with Gasteiger partial charge in [-0.3, -0.25) is 9.59 Å². The highest BCUT2D eigenvalue weighted by Gasteiger charge is 2.21. The van der Waals surface area contributed by atoms with Crippen LogP contribution in [-0.4, -0.2) is 16.7 Å². The Labute approximate surface area is 187 Å². The highest BCUT2D eigenvalue weighted by molar-refractivity contribution is 7.21. The van der Waals surface area contributed by atoms with Crippen molar-refractivity contribution in [1.29, 1.82) is 0 Å². The molecular weight excluding hydrogens is 426 g/mol. The predicted molar refractivity (Wildman–Crippen MR) is 128 cm³/mol. The molecule has 0 saturated carbocycles. The molecule has 1 amide bonds. The molecule has 154 valence electrons. The van der Waals surface area contributed by atoms with Crippen LogP contribution in [0.25, 0.3) is 16.3 Å². The number of pyridine rings is 1. The lowest BCUT2D eigenvalue weighted by atomic mass is 10.1. The number of carbonyl (C=O) groups excluding carboxylic acids is 2. The standard InChI is InChI=1S/C24H19N3O2S2/c25-21-18-13-15-3-1-5-19(15)27-24(18)31-22(21)23(29)26-16-8-6-14(7-9-16)20(28)11-10-17-4-2-12-30-17/h2,4,6-13H,1,3,5,25H2,(H,26,29). The van der Waals surface area contributed by atoms with Gasteiger partial charge in [0.05, 0.1) is 5.69 Å². The number of nitrogens with one attached hydrogen (secondary N) is 1. The van der Waals surface area contributed by atoms with Gasteiger partial charge >= 0.3 is 0 Å². The van der Waals surface area contributed by atoms with Crippen LogP contribution >= 0.6 is 22.7 Å². The van der Waals surface area contributed by atoms with Gasteiger partial charge in [-0.25, -0.2) is 4.98 Å². The summed E-state index contributed by atoms with van der Waals surface area (Å²) < 4.78 is 0. The average molecular weight is 446 g/mol. The molecule has 7 heteroatoms. The number of anilines is 2. The molecule has 0 aliphatic heterocycles. The van der Waals surface area contributed by atoms with E-state index in [2.05, 4.69) is 11.4 Å². The minimum absolute atomic E-state index is 0.0841. The summed E-state index contributed by atoms with van der Waals surface area (Å²) in [4.78, 5) is 32.2. The molecule has 3 N–H and O–H groups in total.